The van der Waals surface area contributed by atoms with Gasteiger partial charge in [-0.05, 0) is 25.1 Å². The Bertz CT molecular complexity index is 648. The standard InChI is InChI=1S/C12H9F4N3O/c1-6-5-17-19-10(6)18-11(20)8-4-7(12(14,15)16)2-3-9(8)13/h2-5H,1H3,(H2,17,18,19,20). The molecule has 0 atom stereocenters. The monoisotopic (exact) mass is 287 g/mol. The van der Waals surface area contributed by atoms with Crippen LogP contribution in [0.15, 0.2) is 24.4 Å². The maximum Gasteiger partial charge on any atom is 0.416 e. The van der Waals surface area contributed by atoms with Gasteiger partial charge in [0.05, 0.1) is 17.3 Å². The van der Waals surface area contributed by atoms with Crippen LogP contribution in [-0.2, 0) is 6.18 Å². The minimum absolute atomic E-state index is 0.201. The molecule has 1 amide bonds. The normalized spacial score (nSPS) is 11.4. The molecular weight excluding hydrogens is 278 g/mol. The number of carbonyl (C=O) groups is 1. The molecule has 0 aliphatic rings. The predicted octanol–water partition coefficient (Wildman–Crippen LogP) is 3.13. The number of benzene rings is 1. The Morgan fingerprint density at radius 1 is 1.35 bits per heavy atom. The molecule has 2 N–H and O–H groups in total. The van der Waals surface area contributed by atoms with Gasteiger partial charge in [-0.25, -0.2) is 4.39 Å². The molecule has 0 fully saturated rings. The van der Waals surface area contributed by atoms with Crippen molar-refractivity contribution in [1.82, 2.24) is 10.2 Å². The first-order valence-electron chi connectivity index (χ1n) is 5.47. The van der Waals surface area contributed by atoms with Gasteiger partial charge in [-0.15, -0.1) is 0 Å². The summed E-state index contributed by atoms with van der Waals surface area (Å²) in [4.78, 5) is 11.8. The van der Waals surface area contributed by atoms with Crippen molar-refractivity contribution in [2.24, 2.45) is 0 Å². The minimum atomic E-state index is -4.65. The van der Waals surface area contributed by atoms with Crippen molar-refractivity contribution in [3.8, 4) is 0 Å². The van der Waals surface area contributed by atoms with Gasteiger partial charge >= 0.3 is 6.18 Å². The van der Waals surface area contributed by atoms with Crippen LogP contribution in [0.3, 0.4) is 0 Å². The minimum Gasteiger partial charge on any atom is -0.307 e. The molecule has 0 saturated carbocycles. The molecule has 4 nitrogen and oxygen atoms in total. The van der Waals surface area contributed by atoms with Gasteiger partial charge in [0.1, 0.15) is 11.6 Å². The second-order valence-corrected chi connectivity index (χ2v) is 4.07. The number of hydrogen-bond acceptors (Lipinski definition) is 2. The van der Waals surface area contributed by atoms with Crippen molar-refractivity contribution >= 4 is 11.7 Å². The van der Waals surface area contributed by atoms with Crippen LogP contribution in [0, 0.1) is 12.7 Å². The number of nitrogens with zero attached hydrogens (tertiary/aromatic N) is 1. The van der Waals surface area contributed by atoms with E-state index in [1.807, 2.05) is 0 Å². The van der Waals surface area contributed by atoms with Crippen molar-refractivity contribution in [3.05, 3.63) is 46.9 Å². The molecule has 0 aliphatic heterocycles. The lowest BCUT2D eigenvalue weighted by Gasteiger charge is -2.10. The lowest BCUT2D eigenvalue weighted by molar-refractivity contribution is -0.137. The molecule has 1 heterocycles. The van der Waals surface area contributed by atoms with E-state index in [2.05, 4.69) is 15.5 Å². The SMILES string of the molecule is Cc1cn[nH]c1NC(=O)c1cc(C(F)(F)F)ccc1F. The number of halogens is 4. The summed E-state index contributed by atoms with van der Waals surface area (Å²) in [5, 5.41) is 8.34. The number of hydrogen-bond donors (Lipinski definition) is 2. The molecular formula is C12H9F4N3O. The largest absolute Gasteiger partial charge is 0.416 e. The molecule has 20 heavy (non-hydrogen) atoms. The highest BCUT2D eigenvalue weighted by atomic mass is 19.4. The lowest BCUT2D eigenvalue weighted by Crippen LogP contribution is -2.16. The number of nitrogens with one attached hydrogen (secondary N) is 2. The number of aromatic nitrogens is 2. The van der Waals surface area contributed by atoms with Gasteiger partial charge in [-0.2, -0.15) is 18.3 Å². The number of anilines is 1. The summed E-state index contributed by atoms with van der Waals surface area (Å²) < 4.78 is 51.1. The van der Waals surface area contributed by atoms with Crippen molar-refractivity contribution in [1.29, 1.82) is 0 Å². The van der Waals surface area contributed by atoms with E-state index in [0.29, 0.717) is 23.8 Å². The third kappa shape index (κ3) is 2.79. The molecule has 8 heteroatoms. The molecule has 0 aliphatic carbocycles. The Hall–Kier alpha value is -2.38. The van der Waals surface area contributed by atoms with Gasteiger partial charge in [-0.3, -0.25) is 9.89 Å². The van der Waals surface area contributed by atoms with Crippen molar-refractivity contribution < 1.29 is 22.4 Å². The Kier molecular flexibility index (Phi) is 3.47. The second kappa shape index (κ2) is 4.95. The van der Waals surface area contributed by atoms with E-state index in [4.69, 9.17) is 0 Å². The van der Waals surface area contributed by atoms with Crippen LogP contribution in [0.4, 0.5) is 23.4 Å². The van der Waals surface area contributed by atoms with Gasteiger partial charge in [0.25, 0.3) is 5.91 Å². The number of H-pyrrole nitrogens is 1. The summed E-state index contributed by atoms with van der Waals surface area (Å²) >= 11 is 0. The highest BCUT2D eigenvalue weighted by molar-refractivity contribution is 6.04. The van der Waals surface area contributed by atoms with Crippen LogP contribution in [-0.4, -0.2) is 16.1 Å². The summed E-state index contributed by atoms with van der Waals surface area (Å²) in [7, 11) is 0. The number of rotatable bonds is 2. The van der Waals surface area contributed by atoms with Crippen LogP contribution >= 0.6 is 0 Å². The first-order valence-corrected chi connectivity index (χ1v) is 5.47. The highest BCUT2D eigenvalue weighted by Crippen LogP contribution is 2.30. The van der Waals surface area contributed by atoms with Gasteiger partial charge < -0.3 is 5.32 Å². The first kappa shape index (κ1) is 14.0. The highest BCUT2D eigenvalue weighted by Gasteiger charge is 2.32. The Morgan fingerprint density at radius 3 is 2.60 bits per heavy atom. The van der Waals surface area contributed by atoms with E-state index < -0.39 is 29.0 Å². The van der Waals surface area contributed by atoms with Gasteiger partial charge in [0.2, 0.25) is 0 Å². The van der Waals surface area contributed by atoms with Crippen LogP contribution in [0.1, 0.15) is 21.5 Å². The maximum absolute atomic E-state index is 13.5. The summed E-state index contributed by atoms with van der Waals surface area (Å²) in [5.74, 6) is -1.82. The zero-order valence-electron chi connectivity index (χ0n) is 10.2. The average molecular weight is 287 g/mol. The predicted molar refractivity (Wildman–Crippen MR) is 62.7 cm³/mol. The lowest BCUT2D eigenvalue weighted by atomic mass is 10.1. The van der Waals surface area contributed by atoms with E-state index in [1.54, 1.807) is 6.92 Å². The number of amides is 1. The third-order valence-electron chi connectivity index (χ3n) is 2.61. The molecule has 0 saturated heterocycles. The molecule has 2 rings (SSSR count). The summed E-state index contributed by atoms with van der Waals surface area (Å²) in [6, 6.07) is 1.65. The van der Waals surface area contributed by atoms with Gasteiger partial charge in [0.15, 0.2) is 0 Å². The third-order valence-corrected chi connectivity index (χ3v) is 2.61. The fraction of sp³-hybridized carbons (Fsp3) is 0.167. The van der Waals surface area contributed by atoms with E-state index in [9.17, 15) is 22.4 Å². The topological polar surface area (TPSA) is 57.8 Å². The maximum atomic E-state index is 13.5. The molecule has 1 aromatic carbocycles. The zero-order valence-corrected chi connectivity index (χ0v) is 10.2. The second-order valence-electron chi connectivity index (χ2n) is 4.07. The molecule has 0 bridgehead atoms. The number of aromatic amines is 1. The molecule has 0 unspecified atom stereocenters. The summed E-state index contributed by atoms with van der Waals surface area (Å²) in [6.45, 7) is 1.63. The number of alkyl halides is 3. The van der Waals surface area contributed by atoms with Crippen LogP contribution < -0.4 is 5.32 Å². The smallest absolute Gasteiger partial charge is 0.307 e. The Labute approximate surface area is 110 Å². The van der Waals surface area contributed by atoms with E-state index in [0.717, 1.165) is 0 Å². The fourth-order valence-electron chi connectivity index (χ4n) is 1.53. The van der Waals surface area contributed by atoms with Crippen molar-refractivity contribution in [2.45, 2.75) is 13.1 Å². The van der Waals surface area contributed by atoms with E-state index >= 15 is 0 Å². The molecule has 106 valence electrons. The molecule has 0 radical (unpaired) electrons. The van der Waals surface area contributed by atoms with Gasteiger partial charge in [-0.1, -0.05) is 0 Å². The summed E-state index contributed by atoms with van der Waals surface area (Å²) in [5.41, 5.74) is -1.20. The summed E-state index contributed by atoms with van der Waals surface area (Å²) in [6.07, 6.45) is -3.23. The molecule has 1 aromatic heterocycles. The molecule has 0 spiro atoms. The van der Waals surface area contributed by atoms with Crippen molar-refractivity contribution in [3.63, 3.8) is 0 Å². The van der Waals surface area contributed by atoms with Crippen LogP contribution in [0.2, 0.25) is 0 Å². The zero-order chi connectivity index (χ0) is 14.9. The van der Waals surface area contributed by atoms with Gasteiger partial charge in [0, 0.05) is 5.56 Å². The van der Waals surface area contributed by atoms with Crippen molar-refractivity contribution in [2.75, 3.05) is 5.32 Å². The average Bonchev–Trinajstić information content (AvgIpc) is 2.74. The van der Waals surface area contributed by atoms with E-state index in [1.165, 1.54) is 6.20 Å². The Morgan fingerprint density at radius 2 is 2.05 bits per heavy atom. The first-order chi connectivity index (χ1) is 9.29. The van der Waals surface area contributed by atoms with E-state index in [-0.39, 0.29) is 5.82 Å². The quantitative estimate of drug-likeness (QED) is 0.834. The van der Waals surface area contributed by atoms with Crippen LogP contribution in [0.25, 0.3) is 0 Å². The fourth-order valence-corrected chi connectivity index (χ4v) is 1.53. The Balaban J connectivity index is 2.32. The van der Waals surface area contributed by atoms with Crippen LogP contribution in [0.5, 0.6) is 0 Å². The molecule has 2 aromatic rings. The number of aryl methyl sites for hydroxylation is 1. The number of carbonyl (C=O) groups excluding carboxylic acids is 1.